The summed E-state index contributed by atoms with van der Waals surface area (Å²) in [7, 11) is -4.20. The molecule has 29 heavy (non-hydrogen) atoms. The molecule has 0 saturated heterocycles. The van der Waals surface area contributed by atoms with Gasteiger partial charge in [-0.15, -0.1) is 0 Å². The molecule has 0 heterocycles. The van der Waals surface area contributed by atoms with Gasteiger partial charge in [0.15, 0.2) is 0 Å². The number of carbonyl (C=O) groups excluding carboxylic acids is 1. The molecule has 0 aromatic heterocycles. The average Bonchev–Trinajstić information content (AvgIpc) is 2.62. The summed E-state index contributed by atoms with van der Waals surface area (Å²) < 4.78 is 63.5. The van der Waals surface area contributed by atoms with Crippen molar-refractivity contribution in [3.05, 3.63) is 53.1 Å². The first-order valence-electron chi connectivity index (χ1n) is 7.66. The number of halogens is 4. The number of hydrogen-bond donors (Lipinski definition) is 3. The van der Waals surface area contributed by atoms with E-state index in [9.17, 15) is 36.3 Å². The van der Waals surface area contributed by atoms with Gasteiger partial charge < -0.3 is 15.5 Å². The van der Waals surface area contributed by atoms with Crippen LogP contribution in [0.5, 0.6) is 0 Å². The summed E-state index contributed by atoms with van der Waals surface area (Å²) in [6.45, 7) is 0.254. The maximum absolute atomic E-state index is 12.7. The molecule has 2 aromatic rings. The first-order valence-corrected chi connectivity index (χ1v) is 9.52. The van der Waals surface area contributed by atoms with Crippen LogP contribution in [0.25, 0.3) is 0 Å². The molecule has 3 N–H and O–H groups in total. The molecule has 156 valence electrons. The number of alkyl halides is 3. The SMILES string of the molecule is CC(O)(C(=O)Nc1ccc(S(=O)(=O)c2cccc(C(=O)O)c2)cc1Cl)C(F)(F)F. The van der Waals surface area contributed by atoms with E-state index in [0.29, 0.717) is 0 Å². The number of sulfone groups is 1. The molecule has 0 fully saturated rings. The van der Waals surface area contributed by atoms with Crippen LogP contribution in [0.3, 0.4) is 0 Å². The number of hydrogen-bond acceptors (Lipinski definition) is 5. The van der Waals surface area contributed by atoms with Crippen LogP contribution in [0.4, 0.5) is 18.9 Å². The van der Waals surface area contributed by atoms with Crippen molar-refractivity contribution in [2.45, 2.75) is 28.5 Å². The second-order valence-electron chi connectivity index (χ2n) is 6.00. The highest BCUT2D eigenvalue weighted by atomic mass is 35.5. The Hall–Kier alpha value is -2.63. The van der Waals surface area contributed by atoms with Crippen LogP contribution in [0.1, 0.15) is 17.3 Å². The highest BCUT2D eigenvalue weighted by molar-refractivity contribution is 7.91. The van der Waals surface area contributed by atoms with Crippen molar-refractivity contribution in [3.63, 3.8) is 0 Å². The van der Waals surface area contributed by atoms with Crippen LogP contribution in [-0.2, 0) is 14.6 Å². The monoisotopic (exact) mass is 451 g/mol. The first-order chi connectivity index (χ1) is 13.2. The third kappa shape index (κ3) is 4.52. The average molecular weight is 452 g/mol. The predicted molar refractivity (Wildman–Crippen MR) is 95.6 cm³/mol. The number of amides is 1. The number of aliphatic hydroxyl groups is 1. The summed E-state index contributed by atoms with van der Waals surface area (Å²) in [6, 6.07) is 7.30. The third-order valence-corrected chi connectivity index (χ3v) is 5.95. The Balaban J connectivity index is 2.37. The zero-order valence-electron chi connectivity index (χ0n) is 14.5. The summed E-state index contributed by atoms with van der Waals surface area (Å²) in [5.41, 5.74) is -4.33. The van der Waals surface area contributed by atoms with Crippen LogP contribution < -0.4 is 5.32 Å². The lowest BCUT2D eigenvalue weighted by molar-refractivity contribution is -0.242. The maximum Gasteiger partial charge on any atom is 0.426 e. The van der Waals surface area contributed by atoms with E-state index in [1.807, 2.05) is 0 Å². The van der Waals surface area contributed by atoms with E-state index in [1.165, 1.54) is 12.1 Å². The van der Waals surface area contributed by atoms with Crippen molar-refractivity contribution >= 4 is 39.0 Å². The quantitative estimate of drug-likeness (QED) is 0.642. The van der Waals surface area contributed by atoms with Gasteiger partial charge in [-0.25, -0.2) is 13.2 Å². The van der Waals surface area contributed by atoms with E-state index in [-0.39, 0.29) is 28.0 Å². The second kappa shape index (κ2) is 7.65. The van der Waals surface area contributed by atoms with Crippen molar-refractivity contribution in [1.82, 2.24) is 0 Å². The Morgan fingerprint density at radius 3 is 2.17 bits per heavy atom. The van der Waals surface area contributed by atoms with Crippen molar-refractivity contribution in [1.29, 1.82) is 0 Å². The Bertz CT molecular complexity index is 1080. The van der Waals surface area contributed by atoms with Crippen molar-refractivity contribution < 1.29 is 41.4 Å². The number of carbonyl (C=O) groups is 2. The van der Waals surface area contributed by atoms with Crippen LogP contribution >= 0.6 is 11.6 Å². The summed E-state index contributed by atoms with van der Waals surface area (Å²) in [5.74, 6) is -3.15. The first kappa shape index (κ1) is 22.7. The summed E-state index contributed by atoms with van der Waals surface area (Å²) >= 11 is 5.88. The predicted octanol–water partition coefficient (Wildman–Crippen LogP) is 3.12. The van der Waals surface area contributed by atoms with E-state index in [4.69, 9.17) is 16.7 Å². The molecule has 0 aliphatic heterocycles. The Labute approximate surface area is 167 Å². The standard InChI is InChI=1S/C17H13ClF3NO6S/c1-16(26,17(19,20)21)15(25)22-13-6-5-11(8-12(13)18)29(27,28)10-4-2-3-9(7-10)14(23)24/h2-8,26H,1H3,(H,22,25)(H,23,24). The van der Waals surface area contributed by atoms with Gasteiger partial charge in [0.1, 0.15) is 0 Å². The normalized spacial score (nSPS) is 14.1. The minimum atomic E-state index is -5.25. The lowest BCUT2D eigenvalue weighted by Crippen LogP contribution is -2.52. The van der Waals surface area contributed by atoms with E-state index >= 15 is 0 Å². The lowest BCUT2D eigenvalue weighted by Gasteiger charge is -2.25. The summed E-state index contributed by atoms with van der Waals surface area (Å²) in [4.78, 5) is 22.0. The molecule has 0 aliphatic rings. The van der Waals surface area contributed by atoms with E-state index in [1.54, 1.807) is 5.32 Å². The Morgan fingerprint density at radius 2 is 1.66 bits per heavy atom. The number of rotatable bonds is 5. The molecule has 0 saturated carbocycles. The lowest BCUT2D eigenvalue weighted by atomic mass is 10.1. The van der Waals surface area contributed by atoms with E-state index < -0.39 is 38.5 Å². The molecule has 1 atom stereocenters. The highest BCUT2D eigenvalue weighted by Gasteiger charge is 2.55. The number of nitrogens with one attached hydrogen (secondary N) is 1. The molecule has 0 bridgehead atoms. The Morgan fingerprint density at radius 1 is 1.07 bits per heavy atom. The highest BCUT2D eigenvalue weighted by Crippen LogP contribution is 2.33. The van der Waals surface area contributed by atoms with Gasteiger partial charge in [-0.1, -0.05) is 17.7 Å². The van der Waals surface area contributed by atoms with E-state index in [0.717, 1.165) is 30.3 Å². The van der Waals surface area contributed by atoms with Gasteiger partial charge >= 0.3 is 12.1 Å². The number of carboxylic acids is 1. The number of benzene rings is 2. The van der Waals surface area contributed by atoms with Crippen molar-refractivity contribution in [2.24, 2.45) is 0 Å². The second-order valence-corrected chi connectivity index (χ2v) is 8.36. The van der Waals surface area contributed by atoms with Crippen LogP contribution in [0.15, 0.2) is 52.3 Å². The third-order valence-electron chi connectivity index (χ3n) is 3.88. The van der Waals surface area contributed by atoms with Crippen molar-refractivity contribution in [2.75, 3.05) is 5.32 Å². The van der Waals surface area contributed by atoms with Gasteiger partial charge in [0.2, 0.25) is 15.4 Å². The Kier molecular flexibility index (Phi) is 5.98. The minimum absolute atomic E-state index is 0.254. The maximum atomic E-state index is 12.7. The van der Waals surface area contributed by atoms with Gasteiger partial charge in [0, 0.05) is 0 Å². The molecule has 7 nitrogen and oxygen atoms in total. The summed E-state index contributed by atoms with van der Waals surface area (Å²) in [6.07, 6.45) is -5.25. The van der Waals surface area contributed by atoms with Crippen LogP contribution in [-0.4, -0.2) is 42.3 Å². The molecular weight excluding hydrogens is 439 g/mol. The molecule has 12 heteroatoms. The zero-order chi connectivity index (χ0) is 22.2. The van der Waals surface area contributed by atoms with Gasteiger partial charge in [-0.2, -0.15) is 13.2 Å². The summed E-state index contributed by atoms with van der Waals surface area (Å²) in [5, 5.41) is 19.7. The smallest absolute Gasteiger partial charge is 0.426 e. The minimum Gasteiger partial charge on any atom is -0.478 e. The largest absolute Gasteiger partial charge is 0.478 e. The van der Waals surface area contributed by atoms with Gasteiger partial charge in [0.05, 0.1) is 26.1 Å². The topological polar surface area (TPSA) is 121 Å². The van der Waals surface area contributed by atoms with Crippen LogP contribution in [0.2, 0.25) is 5.02 Å². The van der Waals surface area contributed by atoms with Gasteiger partial charge in [-0.3, -0.25) is 4.79 Å². The fourth-order valence-corrected chi connectivity index (χ4v) is 3.69. The fraction of sp³-hybridized carbons (Fsp3) is 0.176. The zero-order valence-corrected chi connectivity index (χ0v) is 16.1. The van der Waals surface area contributed by atoms with Gasteiger partial charge in [0.25, 0.3) is 5.91 Å². The molecule has 0 spiro atoms. The van der Waals surface area contributed by atoms with Crippen LogP contribution in [0, 0.1) is 0 Å². The fourth-order valence-electron chi connectivity index (χ4n) is 2.07. The van der Waals surface area contributed by atoms with E-state index in [2.05, 4.69) is 0 Å². The molecule has 2 rings (SSSR count). The number of carboxylic acid groups (broad SMARTS) is 1. The molecule has 1 unspecified atom stereocenters. The molecule has 1 amide bonds. The van der Waals surface area contributed by atoms with Crippen molar-refractivity contribution in [3.8, 4) is 0 Å². The molecule has 2 aromatic carbocycles. The molecule has 0 radical (unpaired) electrons. The molecule has 0 aliphatic carbocycles. The molecular formula is C17H13ClF3NO6S. The number of aromatic carboxylic acids is 1. The van der Waals surface area contributed by atoms with Gasteiger partial charge in [-0.05, 0) is 43.3 Å². The number of anilines is 1.